The molecule has 0 bridgehead atoms. The highest BCUT2D eigenvalue weighted by molar-refractivity contribution is 5.94. The third-order valence-corrected chi connectivity index (χ3v) is 3.16. The van der Waals surface area contributed by atoms with Crippen LogP contribution in [0.5, 0.6) is 0 Å². The first-order valence-electron chi connectivity index (χ1n) is 5.73. The molecule has 0 unspecified atom stereocenters. The number of rotatable bonds is 1. The van der Waals surface area contributed by atoms with Crippen LogP contribution in [-0.2, 0) is 13.0 Å². The lowest BCUT2D eigenvalue weighted by molar-refractivity contribution is 0.0733. The molecule has 0 saturated carbocycles. The summed E-state index contributed by atoms with van der Waals surface area (Å²) in [6.45, 7) is 0.970. The van der Waals surface area contributed by atoms with Gasteiger partial charge in [-0.3, -0.25) is 19.7 Å². The lowest BCUT2D eigenvalue weighted by atomic mass is 10.1. The van der Waals surface area contributed by atoms with E-state index in [1.165, 1.54) is 0 Å². The van der Waals surface area contributed by atoms with Gasteiger partial charge < -0.3 is 10.00 Å². The van der Waals surface area contributed by atoms with Gasteiger partial charge in [0.1, 0.15) is 0 Å². The molecule has 2 aromatic heterocycles. The maximum absolute atomic E-state index is 12.2. The van der Waals surface area contributed by atoms with Gasteiger partial charge in [0, 0.05) is 36.6 Å². The Hall–Kier alpha value is -2.37. The van der Waals surface area contributed by atoms with Crippen LogP contribution in [0.3, 0.4) is 0 Å². The lowest BCUT2D eigenvalue weighted by Crippen LogP contribution is -2.37. The maximum Gasteiger partial charge on any atom is 0.269 e. The van der Waals surface area contributed by atoms with Gasteiger partial charge in [0.2, 0.25) is 0 Å². The number of hydrogen-bond donors (Lipinski definition) is 2. The second-order valence-electron chi connectivity index (χ2n) is 4.25. The van der Waals surface area contributed by atoms with Crippen molar-refractivity contribution in [3.8, 4) is 0 Å². The summed E-state index contributed by atoms with van der Waals surface area (Å²) in [6.07, 6.45) is 3.85. The van der Waals surface area contributed by atoms with Gasteiger partial charge in [0.15, 0.2) is 0 Å². The second kappa shape index (κ2) is 4.14. The van der Waals surface area contributed by atoms with Gasteiger partial charge in [-0.2, -0.15) is 0 Å². The summed E-state index contributed by atoms with van der Waals surface area (Å²) < 4.78 is 0. The van der Waals surface area contributed by atoms with Crippen LogP contribution in [0.1, 0.15) is 21.6 Å². The van der Waals surface area contributed by atoms with E-state index in [0.717, 1.165) is 5.69 Å². The van der Waals surface area contributed by atoms with Gasteiger partial charge in [-0.1, -0.05) is 0 Å². The zero-order chi connectivity index (χ0) is 12.5. The van der Waals surface area contributed by atoms with E-state index in [1.54, 1.807) is 29.4 Å². The van der Waals surface area contributed by atoms with Crippen molar-refractivity contribution in [3.63, 3.8) is 0 Å². The van der Waals surface area contributed by atoms with Crippen LogP contribution in [0.15, 0.2) is 29.3 Å². The Kier molecular flexibility index (Phi) is 2.47. The molecule has 3 rings (SSSR count). The molecule has 0 spiro atoms. The number of carbonyl (C=O) groups is 1. The fraction of sp³-hybridized carbons (Fsp3) is 0.250. The molecule has 18 heavy (non-hydrogen) atoms. The molecule has 2 aromatic rings. The monoisotopic (exact) mass is 244 g/mol. The number of pyridine rings is 1. The fourth-order valence-corrected chi connectivity index (χ4v) is 2.17. The van der Waals surface area contributed by atoms with Gasteiger partial charge in [-0.15, -0.1) is 0 Å². The van der Waals surface area contributed by atoms with E-state index in [0.29, 0.717) is 30.6 Å². The molecular formula is C12H12N4O2. The van der Waals surface area contributed by atoms with Crippen molar-refractivity contribution in [1.82, 2.24) is 20.1 Å². The molecule has 2 N–H and O–H groups in total. The molecule has 92 valence electrons. The minimum atomic E-state index is -0.141. The van der Waals surface area contributed by atoms with Crippen LogP contribution in [0.2, 0.25) is 0 Å². The minimum Gasteiger partial charge on any atom is -0.334 e. The first-order chi connectivity index (χ1) is 8.75. The number of carbonyl (C=O) groups excluding carboxylic acids is 1. The normalized spacial score (nSPS) is 14.3. The number of nitrogens with one attached hydrogen (secondary N) is 2. The number of aromatic amines is 2. The highest BCUT2D eigenvalue weighted by Gasteiger charge is 2.24. The fourth-order valence-electron chi connectivity index (χ4n) is 2.17. The molecular weight excluding hydrogens is 232 g/mol. The van der Waals surface area contributed by atoms with E-state index in [2.05, 4.69) is 15.2 Å². The molecule has 1 aliphatic rings. The van der Waals surface area contributed by atoms with Crippen molar-refractivity contribution in [1.29, 1.82) is 0 Å². The Labute approximate surface area is 103 Å². The summed E-state index contributed by atoms with van der Waals surface area (Å²) in [4.78, 5) is 29.3. The van der Waals surface area contributed by atoms with E-state index in [4.69, 9.17) is 0 Å². The maximum atomic E-state index is 12.2. The molecule has 0 radical (unpaired) electrons. The van der Waals surface area contributed by atoms with Gasteiger partial charge in [0.25, 0.3) is 11.5 Å². The van der Waals surface area contributed by atoms with E-state index in [9.17, 15) is 9.59 Å². The van der Waals surface area contributed by atoms with E-state index >= 15 is 0 Å². The third-order valence-electron chi connectivity index (χ3n) is 3.16. The first-order valence-corrected chi connectivity index (χ1v) is 5.73. The molecule has 0 atom stereocenters. The number of aromatic nitrogens is 3. The topological polar surface area (TPSA) is 81.8 Å². The molecule has 1 aliphatic heterocycles. The van der Waals surface area contributed by atoms with Crippen molar-refractivity contribution >= 4 is 5.91 Å². The van der Waals surface area contributed by atoms with Gasteiger partial charge in [-0.25, -0.2) is 0 Å². The van der Waals surface area contributed by atoms with Crippen LogP contribution in [0, 0.1) is 0 Å². The predicted molar refractivity (Wildman–Crippen MR) is 64.1 cm³/mol. The van der Waals surface area contributed by atoms with Crippen molar-refractivity contribution < 1.29 is 4.79 Å². The Morgan fingerprint density at radius 1 is 1.28 bits per heavy atom. The summed E-state index contributed by atoms with van der Waals surface area (Å²) in [5.74, 6) is -0.0661. The molecule has 0 saturated heterocycles. The Morgan fingerprint density at radius 2 is 2.06 bits per heavy atom. The van der Waals surface area contributed by atoms with Crippen molar-refractivity contribution in [3.05, 3.63) is 51.7 Å². The smallest absolute Gasteiger partial charge is 0.269 e. The molecule has 3 heterocycles. The number of fused-ring (bicyclic) bond motifs is 1. The third kappa shape index (κ3) is 1.71. The van der Waals surface area contributed by atoms with Gasteiger partial charge in [0.05, 0.1) is 12.1 Å². The van der Waals surface area contributed by atoms with E-state index < -0.39 is 0 Å². The van der Waals surface area contributed by atoms with Gasteiger partial charge in [-0.05, 0) is 12.1 Å². The van der Waals surface area contributed by atoms with E-state index in [-0.39, 0.29) is 11.5 Å². The quantitative estimate of drug-likeness (QED) is 0.756. The number of H-pyrrole nitrogens is 2. The zero-order valence-electron chi connectivity index (χ0n) is 9.64. The highest BCUT2D eigenvalue weighted by atomic mass is 16.2. The molecule has 6 nitrogen and oxygen atoms in total. The summed E-state index contributed by atoms with van der Waals surface area (Å²) in [5.41, 5.74) is 2.01. The Bertz CT molecular complexity index is 629. The van der Waals surface area contributed by atoms with E-state index in [1.807, 2.05) is 0 Å². The molecule has 1 amide bonds. The average Bonchev–Trinajstić information content (AvgIpc) is 2.80. The van der Waals surface area contributed by atoms with Crippen molar-refractivity contribution in [2.24, 2.45) is 0 Å². The van der Waals surface area contributed by atoms with Crippen LogP contribution in [-0.4, -0.2) is 32.5 Å². The Balaban J connectivity index is 1.86. The number of nitrogens with zero attached hydrogens (tertiary/aromatic N) is 2. The highest BCUT2D eigenvalue weighted by Crippen LogP contribution is 2.15. The van der Waals surface area contributed by atoms with Crippen molar-refractivity contribution in [2.45, 2.75) is 13.0 Å². The largest absolute Gasteiger partial charge is 0.334 e. The van der Waals surface area contributed by atoms with Crippen molar-refractivity contribution in [2.75, 3.05) is 6.54 Å². The zero-order valence-corrected chi connectivity index (χ0v) is 9.64. The SMILES string of the molecule is O=C(c1ccncc1)N1CCc2[nH][nH]c(=O)c2C1. The van der Waals surface area contributed by atoms with Crippen LogP contribution in [0.4, 0.5) is 0 Å². The molecule has 0 fully saturated rings. The summed E-state index contributed by atoms with van der Waals surface area (Å²) in [7, 11) is 0. The first kappa shape index (κ1) is 10.8. The number of amides is 1. The summed E-state index contributed by atoms with van der Waals surface area (Å²) >= 11 is 0. The molecule has 0 aromatic carbocycles. The molecule has 0 aliphatic carbocycles. The van der Waals surface area contributed by atoms with Crippen LogP contribution >= 0.6 is 0 Å². The summed E-state index contributed by atoms with van der Waals surface area (Å²) in [5, 5.41) is 5.39. The standard InChI is InChI=1S/C12H12N4O2/c17-11-9-7-16(6-3-10(9)14-15-11)12(18)8-1-4-13-5-2-8/h1-2,4-5H,3,6-7H2,(H2,14,15,17). The van der Waals surface area contributed by atoms with Crippen LogP contribution in [0.25, 0.3) is 0 Å². The lowest BCUT2D eigenvalue weighted by Gasteiger charge is -2.26. The second-order valence-corrected chi connectivity index (χ2v) is 4.25. The number of hydrogen-bond acceptors (Lipinski definition) is 3. The molecule has 6 heteroatoms. The van der Waals surface area contributed by atoms with Gasteiger partial charge >= 0.3 is 0 Å². The minimum absolute atomic E-state index is 0.0661. The average molecular weight is 244 g/mol. The predicted octanol–water partition coefficient (Wildman–Crippen LogP) is 0.297. The summed E-state index contributed by atoms with van der Waals surface area (Å²) in [6, 6.07) is 3.36. The van der Waals surface area contributed by atoms with Crippen LogP contribution < -0.4 is 5.56 Å². The Morgan fingerprint density at radius 3 is 2.83 bits per heavy atom.